The van der Waals surface area contributed by atoms with Crippen LogP contribution in [0.15, 0.2) is 47.0 Å². The van der Waals surface area contributed by atoms with E-state index < -0.39 is 0 Å². The Hall–Kier alpha value is -3.06. The minimum atomic E-state index is -0.270. The Balaban J connectivity index is 1.60. The van der Waals surface area contributed by atoms with Crippen LogP contribution in [0.4, 0.5) is 0 Å². The first-order valence-corrected chi connectivity index (χ1v) is 9.60. The van der Waals surface area contributed by atoms with Crippen LogP contribution in [0.3, 0.4) is 0 Å². The summed E-state index contributed by atoms with van der Waals surface area (Å²) in [4.78, 5) is 19.5. The zero-order chi connectivity index (χ0) is 20.4. The van der Waals surface area contributed by atoms with Crippen LogP contribution in [-0.4, -0.2) is 41.7 Å². The molecular formula is C21H20ClN3O4. The van der Waals surface area contributed by atoms with Gasteiger partial charge in [0.1, 0.15) is 17.5 Å². The molecule has 2 heterocycles. The second-order valence-electron chi connectivity index (χ2n) is 6.72. The number of carbonyl (C=O) groups excluding carboxylic acids is 1. The number of ether oxygens (including phenoxy) is 2. The predicted octanol–water partition coefficient (Wildman–Crippen LogP) is 4.38. The molecule has 0 aliphatic carbocycles. The summed E-state index contributed by atoms with van der Waals surface area (Å²) in [6.07, 6.45) is 1.62. The van der Waals surface area contributed by atoms with Crippen LogP contribution in [0.1, 0.15) is 35.1 Å². The average Bonchev–Trinajstić information content (AvgIpc) is 3.42. The SMILES string of the molecule is COc1cc(OC)cc(C(=O)N2CCC[C@H]2c2nc(-c3ccc(Cl)cc3)no2)c1. The normalized spacial score (nSPS) is 16.1. The van der Waals surface area contributed by atoms with Crippen LogP contribution in [-0.2, 0) is 0 Å². The van der Waals surface area contributed by atoms with Gasteiger partial charge in [0, 0.05) is 28.8 Å². The summed E-state index contributed by atoms with van der Waals surface area (Å²) >= 11 is 5.94. The van der Waals surface area contributed by atoms with Crippen molar-refractivity contribution in [3.63, 3.8) is 0 Å². The van der Waals surface area contributed by atoms with Crippen molar-refractivity contribution in [1.29, 1.82) is 0 Å². The summed E-state index contributed by atoms with van der Waals surface area (Å²) in [5.41, 5.74) is 1.29. The molecule has 0 spiro atoms. The number of amides is 1. The number of rotatable bonds is 5. The van der Waals surface area contributed by atoms with Gasteiger partial charge in [0.15, 0.2) is 0 Å². The first kappa shape index (κ1) is 19.3. The summed E-state index contributed by atoms with van der Waals surface area (Å²) in [6.45, 7) is 0.613. The molecule has 1 saturated heterocycles. The summed E-state index contributed by atoms with van der Waals surface area (Å²) in [5, 5.41) is 4.71. The lowest BCUT2D eigenvalue weighted by molar-refractivity contribution is 0.0709. The number of carbonyl (C=O) groups is 1. The van der Waals surface area contributed by atoms with Crippen molar-refractivity contribution in [3.05, 3.63) is 58.9 Å². The topological polar surface area (TPSA) is 77.7 Å². The van der Waals surface area contributed by atoms with Gasteiger partial charge in [-0.3, -0.25) is 4.79 Å². The molecule has 29 heavy (non-hydrogen) atoms. The lowest BCUT2D eigenvalue weighted by atomic mass is 10.1. The second-order valence-corrected chi connectivity index (χ2v) is 7.16. The Labute approximate surface area is 173 Å². The van der Waals surface area contributed by atoms with Crippen molar-refractivity contribution in [1.82, 2.24) is 15.0 Å². The van der Waals surface area contributed by atoms with Gasteiger partial charge in [0.25, 0.3) is 5.91 Å². The minimum Gasteiger partial charge on any atom is -0.497 e. The summed E-state index contributed by atoms with van der Waals surface area (Å²) in [6, 6.07) is 12.1. The third kappa shape index (κ3) is 3.91. The van der Waals surface area contributed by atoms with Gasteiger partial charge >= 0.3 is 0 Å². The Morgan fingerprint density at radius 3 is 2.48 bits per heavy atom. The van der Waals surface area contributed by atoms with Gasteiger partial charge in [0.05, 0.1) is 14.2 Å². The molecule has 3 aromatic rings. The number of hydrogen-bond donors (Lipinski definition) is 0. The van der Waals surface area contributed by atoms with E-state index in [0.29, 0.717) is 40.3 Å². The average molecular weight is 414 g/mol. The molecule has 0 bridgehead atoms. The lowest BCUT2D eigenvalue weighted by Crippen LogP contribution is -2.30. The smallest absolute Gasteiger partial charge is 0.254 e. The van der Waals surface area contributed by atoms with Crippen LogP contribution in [0.25, 0.3) is 11.4 Å². The molecular weight excluding hydrogens is 394 g/mol. The number of likely N-dealkylation sites (tertiary alicyclic amines) is 1. The van der Waals surface area contributed by atoms with Gasteiger partial charge < -0.3 is 18.9 Å². The van der Waals surface area contributed by atoms with E-state index in [0.717, 1.165) is 18.4 Å². The van der Waals surface area contributed by atoms with E-state index in [1.165, 1.54) is 0 Å². The molecule has 8 heteroatoms. The molecule has 1 aliphatic heterocycles. The fourth-order valence-corrected chi connectivity index (χ4v) is 3.58. The zero-order valence-electron chi connectivity index (χ0n) is 16.1. The van der Waals surface area contributed by atoms with Crippen molar-refractivity contribution in [2.45, 2.75) is 18.9 Å². The van der Waals surface area contributed by atoms with Crippen LogP contribution in [0, 0.1) is 0 Å². The van der Waals surface area contributed by atoms with E-state index in [-0.39, 0.29) is 11.9 Å². The van der Waals surface area contributed by atoms with Crippen LogP contribution >= 0.6 is 11.6 Å². The van der Waals surface area contributed by atoms with Crippen molar-refractivity contribution >= 4 is 17.5 Å². The van der Waals surface area contributed by atoms with Crippen molar-refractivity contribution in [3.8, 4) is 22.9 Å². The summed E-state index contributed by atoms with van der Waals surface area (Å²) in [5.74, 6) is 1.89. The van der Waals surface area contributed by atoms with E-state index in [2.05, 4.69) is 10.1 Å². The molecule has 4 rings (SSSR count). The van der Waals surface area contributed by atoms with Gasteiger partial charge in [-0.25, -0.2) is 0 Å². The predicted molar refractivity (Wildman–Crippen MR) is 107 cm³/mol. The first-order chi connectivity index (χ1) is 14.1. The van der Waals surface area contributed by atoms with Gasteiger partial charge in [-0.2, -0.15) is 4.98 Å². The third-order valence-electron chi connectivity index (χ3n) is 4.94. The zero-order valence-corrected chi connectivity index (χ0v) is 16.8. The number of halogens is 1. The van der Waals surface area contributed by atoms with E-state index in [1.807, 2.05) is 12.1 Å². The van der Waals surface area contributed by atoms with Gasteiger partial charge in [-0.05, 0) is 49.2 Å². The highest BCUT2D eigenvalue weighted by Gasteiger charge is 2.35. The maximum atomic E-state index is 13.2. The molecule has 0 saturated carbocycles. The molecule has 0 N–H and O–H groups in total. The summed E-state index contributed by atoms with van der Waals surface area (Å²) in [7, 11) is 3.11. The minimum absolute atomic E-state index is 0.129. The fourth-order valence-electron chi connectivity index (χ4n) is 3.45. The van der Waals surface area contributed by atoms with E-state index in [9.17, 15) is 4.79 Å². The molecule has 2 aromatic carbocycles. The Bertz CT molecular complexity index is 997. The first-order valence-electron chi connectivity index (χ1n) is 9.22. The highest BCUT2D eigenvalue weighted by atomic mass is 35.5. The quantitative estimate of drug-likeness (QED) is 0.617. The third-order valence-corrected chi connectivity index (χ3v) is 5.19. The molecule has 1 aliphatic rings. The van der Waals surface area contributed by atoms with Gasteiger partial charge in [-0.1, -0.05) is 16.8 Å². The Kier molecular flexibility index (Phi) is 5.40. The lowest BCUT2D eigenvalue weighted by Gasteiger charge is -2.22. The monoisotopic (exact) mass is 413 g/mol. The van der Waals surface area contributed by atoms with Crippen LogP contribution in [0.5, 0.6) is 11.5 Å². The number of hydrogen-bond acceptors (Lipinski definition) is 6. The number of nitrogens with zero attached hydrogens (tertiary/aromatic N) is 3. The number of methoxy groups -OCH3 is 2. The standard InChI is InChI=1S/C21H20ClN3O4/c1-27-16-10-14(11-17(12-16)28-2)21(26)25-9-3-4-18(25)20-23-19(24-29-20)13-5-7-15(22)8-6-13/h5-8,10-12,18H,3-4,9H2,1-2H3/t18-/m0/s1. The second kappa shape index (κ2) is 8.13. The van der Waals surface area contributed by atoms with Crippen molar-refractivity contribution < 1.29 is 18.8 Å². The molecule has 1 amide bonds. The van der Waals surface area contributed by atoms with Crippen LogP contribution in [0.2, 0.25) is 5.02 Å². The van der Waals surface area contributed by atoms with Crippen molar-refractivity contribution in [2.24, 2.45) is 0 Å². The largest absolute Gasteiger partial charge is 0.497 e. The molecule has 1 atom stereocenters. The Morgan fingerprint density at radius 2 is 1.83 bits per heavy atom. The van der Waals surface area contributed by atoms with Gasteiger partial charge in [0.2, 0.25) is 11.7 Å². The highest BCUT2D eigenvalue weighted by Crippen LogP contribution is 2.34. The molecule has 1 aromatic heterocycles. The van der Waals surface area contributed by atoms with Gasteiger partial charge in [-0.15, -0.1) is 0 Å². The van der Waals surface area contributed by atoms with E-state index in [4.69, 9.17) is 25.6 Å². The Morgan fingerprint density at radius 1 is 1.14 bits per heavy atom. The van der Waals surface area contributed by atoms with Crippen LogP contribution < -0.4 is 9.47 Å². The molecule has 150 valence electrons. The number of benzene rings is 2. The number of aromatic nitrogens is 2. The molecule has 1 fully saturated rings. The maximum absolute atomic E-state index is 13.2. The highest BCUT2D eigenvalue weighted by molar-refractivity contribution is 6.30. The molecule has 7 nitrogen and oxygen atoms in total. The van der Waals surface area contributed by atoms with Crippen molar-refractivity contribution in [2.75, 3.05) is 20.8 Å². The van der Waals surface area contributed by atoms with E-state index in [1.54, 1.807) is 49.5 Å². The summed E-state index contributed by atoms with van der Waals surface area (Å²) < 4.78 is 16.1. The fraction of sp³-hybridized carbons (Fsp3) is 0.286. The molecule has 0 unspecified atom stereocenters. The molecule has 0 radical (unpaired) electrons. The van der Waals surface area contributed by atoms with E-state index >= 15 is 0 Å². The maximum Gasteiger partial charge on any atom is 0.254 e.